The van der Waals surface area contributed by atoms with Crippen LogP contribution in [0.25, 0.3) is 0 Å². The third-order valence-corrected chi connectivity index (χ3v) is 4.17. The maximum Gasteiger partial charge on any atom is 0.231 e. The lowest BCUT2D eigenvalue weighted by Crippen LogP contribution is -2.51. The maximum absolute atomic E-state index is 12.7. The van der Waals surface area contributed by atoms with Crippen molar-refractivity contribution in [1.29, 1.82) is 0 Å². The summed E-state index contributed by atoms with van der Waals surface area (Å²) < 4.78 is 5.28. The summed E-state index contributed by atoms with van der Waals surface area (Å²) in [6.45, 7) is 5.10. The summed E-state index contributed by atoms with van der Waals surface area (Å²) in [6, 6.07) is 0. The molecule has 0 aromatic heterocycles. The Morgan fingerprint density at radius 2 is 2.06 bits per heavy atom. The Labute approximate surface area is 108 Å². The summed E-state index contributed by atoms with van der Waals surface area (Å²) in [5.74, 6) is 0.156. The lowest BCUT2D eigenvalue weighted by Gasteiger charge is -2.38. The molecule has 2 heterocycles. The van der Waals surface area contributed by atoms with Gasteiger partial charge in [0.1, 0.15) is 0 Å². The fourth-order valence-electron chi connectivity index (χ4n) is 3.06. The Bertz CT molecular complexity index is 306. The van der Waals surface area contributed by atoms with E-state index >= 15 is 0 Å². The molecule has 2 aliphatic rings. The number of hydrogen-bond donors (Lipinski definition) is 2. The lowest BCUT2D eigenvalue weighted by atomic mass is 9.78. The second-order valence-electron chi connectivity index (χ2n) is 5.94. The van der Waals surface area contributed by atoms with Crippen molar-refractivity contribution in [1.82, 2.24) is 10.2 Å². The van der Waals surface area contributed by atoms with Gasteiger partial charge in [-0.1, -0.05) is 0 Å². The van der Waals surface area contributed by atoms with E-state index < -0.39 is 5.60 Å². The van der Waals surface area contributed by atoms with Crippen molar-refractivity contribution in [2.24, 2.45) is 5.41 Å². The quantitative estimate of drug-likeness (QED) is 0.745. The van der Waals surface area contributed by atoms with E-state index in [9.17, 15) is 9.90 Å². The number of piperidine rings is 1. The summed E-state index contributed by atoms with van der Waals surface area (Å²) in [6.07, 6.45) is 2.30. The van der Waals surface area contributed by atoms with Crippen LogP contribution in [-0.2, 0) is 9.53 Å². The molecule has 1 atom stereocenters. The average Bonchev–Trinajstić information content (AvgIpc) is 2.70. The van der Waals surface area contributed by atoms with E-state index in [-0.39, 0.29) is 11.3 Å². The number of β-amino-alcohol motifs (C(OH)–C–C–N with tert-alkyl or cyclic N) is 1. The predicted molar refractivity (Wildman–Crippen MR) is 68.2 cm³/mol. The standard InChI is InChI=1S/C13H24N2O3/c1-12(17)5-8-15(9-12)11(16)13(10-18-2)3-6-14-7-4-13/h14,17H,3-10H2,1-2H3. The van der Waals surface area contributed by atoms with Crippen LogP contribution in [0.15, 0.2) is 0 Å². The van der Waals surface area contributed by atoms with Crippen molar-refractivity contribution < 1.29 is 14.6 Å². The van der Waals surface area contributed by atoms with E-state index in [0.29, 0.717) is 26.1 Å². The number of nitrogens with zero attached hydrogens (tertiary/aromatic N) is 1. The summed E-state index contributed by atoms with van der Waals surface area (Å²) in [5, 5.41) is 13.3. The van der Waals surface area contributed by atoms with Crippen LogP contribution in [-0.4, -0.2) is 61.4 Å². The molecule has 5 heteroatoms. The molecular weight excluding hydrogens is 232 g/mol. The largest absolute Gasteiger partial charge is 0.388 e. The Kier molecular flexibility index (Phi) is 3.94. The van der Waals surface area contributed by atoms with Crippen LogP contribution in [0, 0.1) is 5.41 Å². The highest BCUT2D eigenvalue weighted by Crippen LogP contribution is 2.34. The third kappa shape index (κ3) is 2.68. The molecule has 0 saturated carbocycles. The second-order valence-corrected chi connectivity index (χ2v) is 5.94. The molecule has 2 saturated heterocycles. The van der Waals surface area contributed by atoms with Crippen LogP contribution >= 0.6 is 0 Å². The molecule has 0 aliphatic carbocycles. The molecule has 5 nitrogen and oxygen atoms in total. The van der Waals surface area contributed by atoms with Crippen molar-refractivity contribution in [3.8, 4) is 0 Å². The molecular formula is C13H24N2O3. The molecule has 2 fully saturated rings. The highest BCUT2D eigenvalue weighted by atomic mass is 16.5. The average molecular weight is 256 g/mol. The molecule has 2 N–H and O–H groups in total. The van der Waals surface area contributed by atoms with Gasteiger partial charge in [0.15, 0.2) is 0 Å². The SMILES string of the molecule is COCC1(C(=O)N2CCC(C)(O)C2)CCNCC1. The number of carbonyl (C=O) groups is 1. The first kappa shape index (κ1) is 13.8. The number of amides is 1. The van der Waals surface area contributed by atoms with Gasteiger partial charge >= 0.3 is 0 Å². The molecule has 0 aromatic carbocycles. The Morgan fingerprint density at radius 1 is 1.39 bits per heavy atom. The van der Waals surface area contributed by atoms with Crippen LogP contribution in [0.5, 0.6) is 0 Å². The third-order valence-electron chi connectivity index (χ3n) is 4.17. The summed E-state index contributed by atoms with van der Waals surface area (Å²) in [7, 11) is 1.65. The van der Waals surface area contributed by atoms with Gasteiger partial charge in [-0.05, 0) is 39.3 Å². The molecule has 18 heavy (non-hydrogen) atoms. The Balaban J connectivity index is 2.09. The first-order valence-electron chi connectivity index (χ1n) is 6.71. The molecule has 0 spiro atoms. The van der Waals surface area contributed by atoms with E-state index in [0.717, 1.165) is 25.9 Å². The minimum atomic E-state index is -0.725. The lowest BCUT2D eigenvalue weighted by molar-refractivity contribution is -0.147. The molecule has 0 aromatic rings. The topological polar surface area (TPSA) is 61.8 Å². The number of rotatable bonds is 3. The number of hydrogen-bond acceptors (Lipinski definition) is 4. The second kappa shape index (κ2) is 5.15. The summed E-state index contributed by atoms with van der Waals surface area (Å²) >= 11 is 0. The number of methoxy groups -OCH3 is 1. The van der Waals surface area contributed by atoms with Gasteiger partial charge in [0.25, 0.3) is 0 Å². The molecule has 0 radical (unpaired) electrons. The van der Waals surface area contributed by atoms with Gasteiger partial charge in [-0.3, -0.25) is 4.79 Å². The van der Waals surface area contributed by atoms with Gasteiger partial charge in [-0.2, -0.15) is 0 Å². The summed E-state index contributed by atoms with van der Waals surface area (Å²) in [4.78, 5) is 14.5. The van der Waals surface area contributed by atoms with Crippen molar-refractivity contribution in [2.75, 3.05) is 39.9 Å². The van der Waals surface area contributed by atoms with Crippen LogP contribution in [0.4, 0.5) is 0 Å². The van der Waals surface area contributed by atoms with Gasteiger partial charge in [0.05, 0.1) is 17.6 Å². The van der Waals surface area contributed by atoms with Crippen molar-refractivity contribution in [2.45, 2.75) is 31.8 Å². The molecule has 104 valence electrons. The Morgan fingerprint density at radius 3 is 2.56 bits per heavy atom. The highest BCUT2D eigenvalue weighted by molar-refractivity contribution is 5.83. The number of aliphatic hydroxyl groups is 1. The fourth-order valence-corrected chi connectivity index (χ4v) is 3.06. The smallest absolute Gasteiger partial charge is 0.231 e. The minimum Gasteiger partial charge on any atom is -0.388 e. The zero-order valence-corrected chi connectivity index (χ0v) is 11.4. The number of likely N-dealkylation sites (tertiary alicyclic amines) is 1. The minimum absolute atomic E-state index is 0.156. The van der Waals surface area contributed by atoms with Crippen LogP contribution in [0.1, 0.15) is 26.2 Å². The summed E-state index contributed by atoms with van der Waals surface area (Å²) in [5.41, 5.74) is -1.11. The molecule has 1 unspecified atom stereocenters. The predicted octanol–water partition coefficient (Wildman–Crippen LogP) is -0.0141. The molecule has 1 amide bonds. The van der Waals surface area contributed by atoms with Gasteiger partial charge < -0.3 is 20.1 Å². The zero-order chi connectivity index (χ0) is 13.2. The van der Waals surface area contributed by atoms with E-state index in [1.165, 1.54) is 0 Å². The molecule has 2 rings (SSSR count). The van der Waals surface area contributed by atoms with E-state index in [1.54, 1.807) is 14.0 Å². The van der Waals surface area contributed by atoms with Crippen LogP contribution in [0.3, 0.4) is 0 Å². The molecule has 0 bridgehead atoms. The Hall–Kier alpha value is -0.650. The van der Waals surface area contributed by atoms with Gasteiger partial charge in [0, 0.05) is 20.2 Å². The number of ether oxygens (including phenoxy) is 1. The monoisotopic (exact) mass is 256 g/mol. The van der Waals surface area contributed by atoms with Crippen molar-refractivity contribution in [3.63, 3.8) is 0 Å². The number of carbonyl (C=O) groups excluding carboxylic acids is 1. The first-order valence-corrected chi connectivity index (χ1v) is 6.71. The van der Waals surface area contributed by atoms with Crippen LogP contribution < -0.4 is 5.32 Å². The van der Waals surface area contributed by atoms with Crippen molar-refractivity contribution in [3.05, 3.63) is 0 Å². The van der Waals surface area contributed by atoms with E-state index in [4.69, 9.17) is 4.74 Å². The van der Waals surface area contributed by atoms with E-state index in [1.807, 2.05) is 4.90 Å². The van der Waals surface area contributed by atoms with Gasteiger partial charge in [0.2, 0.25) is 5.91 Å². The molecule has 2 aliphatic heterocycles. The van der Waals surface area contributed by atoms with Gasteiger partial charge in [-0.15, -0.1) is 0 Å². The zero-order valence-electron chi connectivity index (χ0n) is 11.4. The fraction of sp³-hybridized carbons (Fsp3) is 0.923. The number of nitrogens with one attached hydrogen (secondary N) is 1. The highest BCUT2D eigenvalue weighted by Gasteiger charge is 2.45. The van der Waals surface area contributed by atoms with Crippen molar-refractivity contribution >= 4 is 5.91 Å². The van der Waals surface area contributed by atoms with Crippen LogP contribution in [0.2, 0.25) is 0 Å². The first-order chi connectivity index (χ1) is 8.49. The normalized spacial score (nSPS) is 31.6. The maximum atomic E-state index is 12.7. The van der Waals surface area contributed by atoms with E-state index in [2.05, 4.69) is 5.32 Å². The van der Waals surface area contributed by atoms with Gasteiger partial charge in [-0.25, -0.2) is 0 Å².